The third kappa shape index (κ3) is 10.6. The predicted molar refractivity (Wildman–Crippen MR) is 123 cm³/mol. The number of carbonyl (C=O) groups is 3. The molecular formula is C23H38N4O5. The maximum atomic E-state index is 12.5. The fourth-order valence-electron chi connectivity index (χ4n) is 4.15. The molecule has 180 valence electrons. The molecule has 1 aliphatic heterocycles. The van der Waals surface area contributed by atoms with Crippen LogP contribution in [0.4, 0.5) is 4.79 Å². The Labute approximate surface area is 191 Å². The van der Waals surface area contributed by atoms with Crippen molar-refractivity contribution in [1.29, 1.82) is 0 Å². The highest BCUT2D eigenvalue weighted by atomic mass is 16.3. The summed E-state index contributed by atoms with van der Waals surface area (Å²) in [6.07, 6.45) is 6.83. The van der Waals surface area contributed by atoms with Crippen LogP contribution in [-0.4, -0.2) is 90.2 Å². The summed E-state index contributed by atoms with van der Waals surface area (Å²) in [6.45, 7) is 4.80. The van der Waals surface area contributed by atoms with E-state index in [-0.39, 0.29) is 19.0 Å². The zero-order chi connectivity index (χ0) is 23.8. The molecule has 2 fully saturated rings. The molecule has 3 N–H and O–H groups in total. The topological polar surface area (TPSA) is 113 Å². The fraction of sp³-hybridized carbons (Fsp3) is 0.609. The van der Waals surface area contributed by atoms with E-state index in [9.17, 15) is 4.79 Å². The number of nitrogens with zero attached hydrogens (tertiary/aromatic N) is 3. The Morgan fingerprint density at radius 1 is 0.969 bits per heavy atom. The van der Waals surface area contributed by atoms with Gasteiger partial charge in [-0.2, -0.15) is 0 Å². The summed E-state index contributed by atoms with van der Waals surface area (Å²) >= 11 is 0. The molecule has 0 unspecified atom stereocenters. The molecule has 1 heterocycles. The Balaban J connectivity index is 0.000000769. The number of urea groups is 1. The van der Waals surface area contributed by atoms with Crippen LogP contribution in [0.1, 0.15) is 43.2 Å². The second-order valence-corrected chi connectivity index (χ2v) is 8.24. The number of hydrogen-bond acceptors (Lipinski definition) is 5. The smallest absolute Gasteiger partial charge is 0.317 e. The first kappa shape index (κ1) is 27.4. The second-order valence-electron chi connectivity index (χ2n) is 8.24. The lowest BCUT2D eigenvalue weighted by molar-refractivity contribution is -0.123. The van der Waals surface area contributed by atoms with Gasteiger partial charge in [0.15, 0.2) is 0 Å². The van der Waals surface area contributed by atoms with E-state index < -0.39 is 0 Å². The monoisotopic (exact) mass is 450 g/mol. The third-order valence-corrected chi connectivity index (χ3v) is 5.66. The minimum absolute atomic E-state index is 0.0747. The zero-order valence-electron chi connectivity index (χ0n) is 19.3. The molecule has 1 aromatic carbocycles. The van der Waals surface area contributed by atoms with Crippen LogP contribution in [0, 0.1) is 0 Å². The minimum Gasteiger partial charge on any atom is -0.483 e. The number of carboxylic acid groups (broad SMARTS) is 2. The molecule has 1 saturated heterocycles. The van der Waals surface area contributed by atoms with Crippen molar-refractivity contribution in [2.45, 2.75) is 51.2 Å². The van der Waals surface area contributed by atoms with Gasteiger partial charge in [0.2, 0.25) is 0 Å². The predicted octanol–water partition coefficient (Wildman–Crippen LogP) is 2.31. The van der Waals surface area contributed by atoms with Crippen LogP contribution in [0.15, 0.2) is 24.3 Å². The fourth-order valence-corrected chi connectivity index (χ4v) is 4.15. The lowest BCUT2D eigenvalue weighted by Crippen LogP contribution is -2.54. The summed E-state index contributed by atoms with van der Waals surface area (Å²) in [5, 5.41) is 16.9. The molecule has 1 saturated carbocycles. The van der Waals surface area contributed by atoms with Crippen molar-refractivity contribution in [3.05, 3.63) is 35.4 Å². The lowest BCUT2D eigenvalue weighted by atomic mass is 9.94. The summed E-state index contributed by atoms with van der Waals surface area (Å²) in [6, 6.07) is 9.34. The van der Waals surface area contributed by atoms with Crippen LogP contribution < -0.4 is 5.32 Å². The van der Waals surface area contributed by atoms with E-state index in [0.29, 0.717) is 6.54 Å². The zero-order valence-corrected chi connectivity index (χ0v) is 19.3. The van der Waals surface area contributed by atoms with Crippen molar-refractivity contribution in [3.63, 3.8) is 0 Å². The molecule has 0 spiro atoms. The summed E-state index contributed by atoms with van der Waals surface area (Å²) < 4.78 is 0. The summed E-state index contributed by atoms with van der Waals surface area (Å²) in [7, 11) is 4.14. The van der Waals surface area contributed by atoms with Gasteiger partial charge in [-0.3, -0.25) is 14.5 Å². The van der Waals surface area contributed by atoms with Crippen LogP contribution in [0.25, 0.3) is 0 Å². The third-order valence-electron chi connectivity index (χ3n) is 5.66. The molecule has 9 heteroatoms. The molecule has 2 amide bonds. The van der Waals surface area contributed by atoms with Crippen LogP contribution in [0.3, 0.4) is 0 Å². The maximum absolute atomic E-state index is 12.5. The number of hydrogen-bond donors (Lipinski definition) is 3. The van der Waals surface area contributed by atoms with Gasteiger partial charge in [0, 0.05) is 45.3 Å². The first-order valence-corrected chi connectivity index (χ1v) is 11.1. The largest absolute Gasteiger partial charge is 0.483 e. The van der Waals surface area contributed by atoms with Gasteiger partial charge >= 0.3 is 6.03 Å². The van der Waals surface area contributed by atoms with Crippen molar-refractivity contribution < 1.29 is 24.6 Å². The van der Waals surface area contributed by atoms with Crippen molar-refractivity contribution in [2.75, 3.05) is 40.3 Å². The van der Waals surface area contributed by atoms with Crippen LogP contribution in [0.2, 0.25) is 0 Å². The normalized spacial score (nSPS) is 16.8. The average molecular weight is 451 g/mol. The number of nitrogens with one attached hydrogen (secondary N) is 1. The Morgan fingerprint density at radius 2 is 1.47 bits per heavy atom. The van der Waals surface area contributed by atoms with Crippen molar-refractivity contribution in [2.24, 2.45) is 0 Å². The molecule has 3 rings (SSSR count). The van der Waals surface area contributed by atoms with Gasteiger partial charge in [-0.15, -0.1) is 0 Å². The van der Waals surface area contributed by atoms with E-state index in [1.54, 1.807) is 0 Å². The van der Waals surface area contributed by atoms with E-state index in [1.807, 2.05) is 4.90 Å². The Bertz CT molecular complexity index is 649. The molecule has 0 bridgehead atoms. The van der Waals surface area contributed by atoms with E-state index >= 15 is 0 Å². The van der Waals surface area contributed by atoms with Gasteiger partial charge in [0.1, 0.15) is 0 Å². The first-order valence-electron chi connectivity index (χ1n) is 11.1. The Kier molecular flexibility index (Phi) is 13.7. The number of amides is 2. The molecule has 1 aliphatic carbocycles. The molecule has 32 heavy (non-hydrogen) atoms. The Hall–Kier alpha value is -2.65. The molecule has 1 aromatic rings. The standard InChI is InChI=1S/C21H34N4O.2CH2O2/c1-23(2)17-19-10-8-18(9-11-19)16-22-21(26)25-14-12-24(13-15-25)20-6-4-3-5-7-20;2*2-1-3/h8-11,20H,3-7,12-17H2,1-2H3,(H,22,26);2*1H,(H,2,3). The van der Waals surface area contributed by atoms with Crippen molar-refractivity contribution >= 4 is 19.0 Å². The minimum atomic E-state index is -0.250. The first-order chi connectivity index (χ1) is 15.4. The van der Waals surface area contributed by atoms with E-state index in [2.05, 4.69) is 53.5 Å². The van der Waals surface area contributed by atoms with E-state index in [1.165, 1.54) is 37.7 Å². The lowest BCUT2D eigenvalue weighted by Gasteiger charge is -2.40. The summed E-state index contributed by atoms with van der Waals surface area (Å²) in [5.41, 5.74) is 2.45. The van der Waals surface area contributed by atoms with Gasteiger partial charge in [-0.25, -0.2) is 4.79 Å². The molecule has 0 aromatic heterocycles. The van der Waals surface area contributed by atoms with E-state index in [0.717, 1.165) is 44.3 Å². The molecule has 0 atom stereocenters. The van der Waals surface area contributed by atoms with Crippen LogP contribution in [0.5, 0.6) is 0 Å². The van der Waals surface area contributed by atoms with Gasteiger partial charge < -0.3 is 25.3 Å². The molecule has 0 radical (unpaired) electrons. The highest BCUT2D eigenvalue weighted by molar-refractivity contribution is 5.74. The van der Waals surface area contributed by atoms with Gasteiger partial charge in [0.25, 0.3) is 12.9 Å². The number of benzene rings is 1. The number of carbonyl (C=O) groups excluding carboxylic acids is 1. The van der Waals surface area contributed by atoms with Crippen molar-refractivity contribution in [1.82, 2.24) is 20.0 Å². The Morgan fingerprint density at radius 3 is 1.97 bits per heavy atom. The van der Waals surface area contributed by atoms with Gasteiger partial charge in [-0.05, 0) is 38.1 Å². The SMILES string of the molecule is CN(C)Cc1ccc(CNC(=O)N2CCN(C3CCCCC3)CC2)cc1.O=CO.O=CO. The average Bonchev–Trinajstić information content (AvgIpc) is 2.80. The maximum Gasteiger partial charge on any atom is 0.317 e. The molecule has 9 nitrogen and oxygen atoms in total. The summed E-state index contributed by atoms with van der Waals surface area (Å²) in [5.74, 6) is 0. The van der Waals surface area contributed by atoms with Crippen LogP contribution >= 0.6 is 0 Å². The molecule has 2 aliphatic rings. The highest BCUT2D eigenvalue weighted by Crippen LogP contribution is 2.23. The quantitative estimate of drug-likeness (QED) is 0.590. The highest BCUT2D eigenvalue weighted by Gasteiger charge is 2.26. The van der Waals surface area contributed by atoms with Gasteiger partial charge in [-0.1, -0.05) is 43.5 Å². The summed E-state index contributed by atoms with van der Waals surface area (Å²) in [4.78, 5) is 35.9. The van der Waals surface area contributed by atoms with Gasteiger partial charge in [0.05, 0.1) is 0 Å². The van der Waals surface area contributed by atoms with E-state index in [4.69, 9.17) is 19.8 Å². The second kappa shape index (κ2) is 16.0. The molecular weight excluding hydrogens is 412 g/mol. The van der Waals surface area contributed by atoms with Crippen molar-refractivity contribution in [3.8, 4) is 0 Å². The number of rotatable bonds is 5. The van der Waals surface area contributed by atoms with Crippen LogP contribution in [-0.2, 0) is 22.7 Å². The number of piperazine rings is 1.